The van der Waals surface area contributed by atoms with Gasteiger partial charge in [0.25, 0.3) is 0 Å². The van der Waals surface area contributed by atoms with Crippen LogP contribution in [0.4, 0.5) is 0 Å². The normalized spacial score (nSPS) is 24.6. The molecule has 0 saturated carbocycles. The van der Waals surface area contributed by atoms with Gasteiger partial charge in [0, 0.05) is 1.37 Å². The molecule has 0 spiro atoms. The molecule has 0 amide bonds. The van der Waals surface area contributed by atoms with E-state index in [1.54, 1.807) is 7.85 Å². The van der Waals surface area contributed by atoms with Crippen LogP contribution in [0.2, 0.25) is 0 Å². The van der Waals surface area contributed by atoms with E-state index >= 15 is 0 Å². The molecule has 0 aromatic carbocycles. The van der Waals surface area contributed by atoms with E-state index in [0.717, 1.165) is 0 Å². The maximum Gasteiger partial charge on any atom is 0.122 e. The van der Waals surface area contributed by atoms with Gasteiger partial charge in [0.15, 0.2) is 0 Å². The van der Waals surface area contributed by atoms with Crippen molar-refractivity contribution in [2.45, 2.75) is 5.28 Å². The van der Waals surface area contributed by atoms with Crippen molar-refractivity contribution in [1.29, 1.82) is 0 Å². The van der Waals surface area contributed by atoms with Crippen LogP contribution in [0.5, 0.6) is 0 Å². The number of rotatable bonds is 1. The summed E-state index contributed by atoms with van der Waals surface area (Å²) < 4.78 is 7.03. The summed E-state index contributed by atoms with van der Waals surface area (Å²) in [5, 5.41) is -0.505. The monoisotopic (exact) mass is 123 g/mol. The van der Waals surface area contributed by atoms with Crippen molar-refractivity contribution in [3.8, 4) is 0 Å². The van der Waals surface area contributed by atoms with E-state index in [0.29, 0.717) is 7.36 Å². The molecule has 0 aliphatic rings. The highest BCUT2D eigenvalue weighted by Gasteiger charge is 1.78. The summed E-state index contributed by atoms with van der Waals surface area (Å²) in [5.41, 5.74) is 0. The highest BCUT2D eigenvalue weighted by Crippen LogP contribution is 2.07. The SMILES string of the molecule is [2H]C(B)(P)P=S. The van der Waals surface area contributed by atoms with Gasteiger partial charge in [0.05, 0.1) is 0 Å². The van der Waals surface area contributed by atoms with E-state index in [-0.39, 0.29) is 0 Å². The molecular weight excluding hydrogens is 117 g/mol. The molecule has 0 radical (unpaired) electrons. The molecule has 0 aromatic heterocycles. The average Bonchev–Trinajstić information content (AvgIpc) is 1.35. The summed E-state index contributed by atoms with van der Waals surface area (Å²) in [6.45, 7) is 0. The van der Waals surface area contributed by atoms with Crippen molar-refractivity contribution < 1.29 is 1.37 Å². The molecule has 28 valence electrons. The molecule has 5 heavy (non-hydrogen) atoms. The fourth-order valence-corrected chi connectivity index (χ4v) is 0. The van der Waals surface area contributed by atoms with Crippen LogP contribution in [0.3, 0.4) is 0 Å². The number of hydrogen-bond acceptors (Lipinski definition) is 1. The van der Waals surface area contributed by atoms with Crippen LogP contribution >= 0.6 is 16.6 Å². The molecule has 0 heterocycles. The predicted molar refractivity (Wildman–Crippen MR) is 36.3 cm³/mol. The molecule has 0 aliphatic heterocycles. The molecule has 0 rings (SSSR count). The van der Waals surface area contributed by atoms with Crippen LogP contribution in [-0.2, 0) is 11.8 Å². The zero-order valence-corrected chi connectivity index (χ0v) is 5.80. The van der Waals surface area contributed by atoms with Gasteiger partial charge in [-0.1, -0.05) is 11.8 Å². The Morgan fingerprint density at radius 1 is 2.40 bits per heavy atom. The minimum atomic E-state index is -0.505. The van der Waals surface area contributed by atoms with Gasteiger partial charge in [0.2, 0.25) is 0 Å². The van der Waals surface area contributed by atoms with Crippen LogP contribution in [0, 0.1) is 0 Å². The molecule has 0 aliphatic carbocycles. The minimum Gasteiger partial charge on any atom is -0.134 e. The van der Waals surface area contributed by atoms with Gasteiger partial charge in [-0.3, -0.25) is 0 Å². The molecule has 0 saturated heterocycles. The fraction of sp³-hybridized carbons (Fsp3) is 1.00. The topological polar surface area (TPSA) is 0 Å². The van der Waals surface area contributed by atoms with Crippen LogP contribution in [0.15, 0.2) is 0 Å². The Bertz CT molecular complexity index is 59.1. The van der Waals surface area contributed by atoms with Gasteiger partial charge in [0.1, 0.15) is 7.85 Å². The van der Waals surface area contributed by atoms with E-state index in [4.69, 9.17) is 1.37 Å². The second kappa shape index (κ2) is 3.21. The molecule has 0 bridgehead atoms. The lowest BCUT2D eigenvalue weighted by molar-refractivity contribution is 2.05. The molecule has 2 atom stereocenters. The smallest absolute Gasteiger partial charge is 0.122 e. The predicted octanol–water partition coefficient (Wildman–Crippen LogP) is 0.186. The third-order valence-electron chi connectivity index (χ3n) is 0.144. The van der Waals surface area contributed by atoms with Crippen molar-refractivity contribution in [2.24, 2.45) is 0 Å². The third kappa shape index (κ3) is 5.01. The largest absolute Gasteiger partial charge is 0.134 e. The lowest BCUT2D eigenvalue weighted by atomic mass is 10.2. The van der Waals surface area contributed by atoms with Crippen LogP contribution in [0.1, 0.15) is 1.37 Å². The molecule has 0 aromatic rings. The summed E-state index contributed by atoms with van der Waals surface area (Å²) in [6, 6.07) is 0. The zero-order chi connectivity index (χ0) is 5.21. The highest BCUT2D eigenvalue weighted by atomic mass is 32.4. The van der Waals surface area contributed by atoms with E-state index in [9.17, 15) is 0 Å². The molecule has 4 heteroatoms. The van der Waals surface area contributed by atoms with E-state index < -0.39 is 5.28 Å². The zero-order valence-electron chi connectivity index (χ0n) is 3.93. The van der Waals surface area contributed by atoms with E-state index in [1.165, 1.54) is 0 Å². The van der Waals surface area contributed by atoms with Gasteiger partial charge in [-0.05, 0) is 12.6 Å². The fourth-order valence-electron chi connectivity index (χ4n) is 0. The second-order valence-corrected chi connectivity index (χ2v) is 3.52. The summed E-state index contributed by atoms with van der Waals surface area (Å²) >= 11 is 4.55. The van der Waals surface area contributed by atoms with Gasteiger partial charge >= 0.3 is 0 Å². The van der Waals surface area contributed by atoms with Crippen LogP contribution in [0.25, 0.3) is 0 Å². The molecule has 0 nitrogen and oxygen atoms in total. The summed E-state index contributed by atoms with van der Waals surface area (Å²) in [5.74, 6) is 0. The van der Waals surface area contributed by atoms with Crippen LogP contribution in [-0.4, -0.2) is 13.1 Å². The second-order valence-electron chi connectivity index (χ2n) is 0.733. The van der Waals surface area contributed by atoms with Gasteiger partial charge < -0.3 is 0 Å². The molecule has 0 N–H and O–H groups in total. The maximum absolute atomic E-state index is 7.03. The first-order valence-electron chi connectivity index (χ1n) is 1.69. The maximum atomic E-state index is 7.03. The molecular formula is CH5BP2S. The third-order valence-corrected chi connectivity index (χ3v) is 2.24. The Kier molecular flexibility index (Phi) is 2.69. The van der Waals surface area contributed by atoms with Crippen molar-refractivity contribution in [1.82, 2.24) is 0 Å². The first kappa shape index (κ1) is 4.18. The van der Waals surface area contributed by atoms with Crippen LogP contribution < -0.4 is 0 Å². The summed E-state index contributed by atoms with van der Waals surface area (Å²) in [4.78, 5) is 0. The van der Waals surface area contributed by atoms with Crippen molar-refractivity contribution in [3.63, 3.8) is 0 Å². The minimum absolute atomic E-state index is 0.505. The summed E-state index contributed by atoms with van der Waals surface area (Å²) in [7, 11) is 4.79. The van der Waals surface area contributed by atoms with Crippen molar-refractivity contribution in [3.05, 3.63) is 0 Å². The van der Waals surface area contributed by atoms with Crippen molar-refractivity contribution >= 4 is 36.2 Å². The summed E-state index contributed by atoms with van der Waals surface area (Å²) in [6.07, 6.45) is 0. The number of hydrogen-bond donors (Lipinski definition) is 0. The van der Waals surface area contributed by atoms with Gasteiger partial charge in [-0.25, -0.2) is 0 Å². The average molecular weight is 123 g/mol. The highest BCUT2D eigenvalue weighted by molar-refractivity contribution is 7.99. The Hall–Kier alpha value is 1.01. The van der Waals surface area contributed by atoms with E-state index in [1.807, 2.05) is 0 Å². The lowest BCUT2D eigenvalue weighted by Crippen LogP contribution is -1.75. The van der Waals surface area contributed by atoms with E-state index in [2.05, 4.69) is 21.0 Å². The Morgan fingerprint density at radius 3 is 2.60 bits per heavy atom. The van der Waals surface area contributed by atoms with Gasteiger partial charge in [-0.15, -0.1) is 9.24 Å². The first-order valence-corrected chi connectivity index (χ1v) is 3.68. The Morgan fingerprint density at radius 2 is 2.60 bits per heavy atom. The van der Waals surface area contributed by atoms with Crippen molar-refractivity contribution in [2.75, 3.05) is 0 Å². The molecule has 2 unspecified atom stereocenters. The molecule has 0 fully saturated rings. The quantitative estimate of drug-likeness (QED) is 0.354. The van der Waals surface area contributed by atoms with Gasteiger partial charge in [-0.2, -0.15) is 0 Å². The Balaban J connectivity index is 3.45. The standard InChI is InChI=1S/CH5BP2S/c2-1(3)4-5/h1H,2-3H2/i1D. The Labute approximate surface area is 43.6 Å². The lowest BCUT2D eigenvalue weighted by Gasteiger charge is -1.80. The first-order chi connectivity index (χ1) is 2.56.